The predicted octanol–water partition coefficient (Wildman–Crippen LogP) is 0.751. The second kappa shape index (κ2) is 5.97. The van der Waals surface area contributed by atoms with Gasteiger partial charge < -0.3 is 14.9 Å². The van der Waals surface area contributed by atoms with E-state index in [2.05, 4.69) is 20.0 Å². The number of amides is 1. The third-order valence-electron chi connectivity index (χ3n) is 2.12. The van der Waals surface area contributed by atoms with E-state index in [0.29, 0.717) is 12.3 Å². The Morgan fingerprint density at radius 3 is 2.71 bits per heavy atom. The van der Waals surface area contributed by atoms with E-state index in [1.165, 1.54) is 0 Å². The first-order chi connectivity index (χ1) is 8.02. The number of rotatable bonds is 6. The number of hydrogen-bond acceptors (Lipinski definition) is 5. The molecule has 1 amide bonds. The highest BCUT2D eigenvalue weighted by atomic mass is 16.5. The first-order valence-corrected chi connectivity index (χ1v) is 5.36. The van der Waals surface area contributed by atoms with Crippen molar-refractivity contribution in [1.82, 2.24) is 15.5 Å². The minimum Gasteiger partial charge on any atom is -0.481 e. The fourth-order valence-corrected chi connectivity index (χ4v) is 1.43. The van der Waals surface area contributed by atoms with Crippen molar-refractivity contribution in [3.05, 3.63) is 11.7 Å². The molecular weight excluding hydrogens is 226 g/mol. The molecule has 1 heterocycles. The van der Waals surface area contributed by atoms with Gasteiger partial charge in [0.2, 0.25) is 5.89 Å². The fourth-order valence-electron chi connectivity index (χ4n) is 1.43. The lowest BCUT2D eigenvalue weighted by Crippen LogP contribution is -2.37. The average Bonchev–Trinajstić information content (AvgIpc) is 2.64. The Morgan fingerprint density at radius 1 is 1.53 bits per heavy atom. The van der Waals surface area contributed by atoms with Crippen LogP contribution in [0.4, 0.5) is 0 Å². The number of aryl methyl sites for hydroxylation is 1. The molecule has 1 atom stereocenters. The monoisotopic (exact) mass is 241 g/mol. The van der Waals surface area contributed by atoms with Gasteiger partial charge in [-0.15, -0.1) is 0 Å². The minimum absolute atomic E-state index is 0.0750. The SMILES string of the molecule is CCCC(CC(=O)O)NC(=O)c1noc(C)n1. The smallest absolute Gasteiger partial charge is 0.305 e. The van der Waals surface area contributed by atoms with E-state index in [1.54, 1.807) is 6.92 Å². The number of carboxylic acid groups (broad SMARTS) is 1. The zero-order valence-corrected chi connectivity index (χ0v) is 9.77. The van der Waals surface area contributed by atoms with Crippen LogP contribution in [0.25, 0.3) is 0 Å². The summed E-state index contributed by atoms with van der Waals surface area (Å²) in [7, 11) is 0. The molecule has 0 saturated carbocycles. The molecule has 7 nitrogen and oxygen atoms in total. The van der Waals surface area contributed by atoms with Crippen molar-refractivity contribution in [1.29, 1.82) is 0 Å². The van der Waals surface area contributed by atoms with E-state index in [1.807, 2.05) is 6.92 Å². The van der Waals surface area contributed by atoms with Gasteiger partial charge in [-0.1, -0.05) is 18.5 Å². The van der Waals surface area contributed by atoms with Crippen LogP contribution in [0.1, 0.15) is 42.7 Å². The normalized spacial score (nSPS) is 12.1. The van der Waals surface area contributed by atoms with Crippen LogP contribution in [0.2, 0.25) is 0 Å². The maximum Gasteiger partial charge on any atom is 0.305 e. The first-order valence-electron chi connectivity index (χ1n) is 5.36. The summed E-state index contributed by atoms with van der Waals surface area (Å²) >= 11 is 0. The van der Waals surface area contributed by atoms with Gasteiger partial charge in [0.05, 0.1) is 6.42 Å². The van der Waals surface area contributed by atoms with E-state index in [9.17, 15) is 9.59 Å². The van der Waals surface area contributed by atoms with Crippen LogP contribution in [0.15, 0.2) is 4.52 Å². The Labute approximate surface area is 98.2 Å². The predicted molar refractivity (Wildman–Crippen MR) is 57.5 cm³/mol. The van der Waals surface area contributed by atoms with E-state index in [0.717, 1.165) is 6.42 Å². The van der Waals surface area contributed by atoms with Gasteiger partial charge in [0.1, 0.15) is 0 Å². The molecule has 0 aliphatic rings. The zero-order chi connectivity index (χ0) is 12.8. The number of carboxylic acids is 1. The van der Waals surface area contributed by atoms with Crippen molar-refractivity contribution >= 4 is 11.9 Å². The van der Waals surface area contributed by atoms with Crippen molar-refractivity contribution < 1.29 is 19.2 Å². The summed E-state index contributed by atoms with van der Waals surface area (Å²) in [6.07, 6.45) is 1.26. The molecule has 7 heteroatoms. The van der Waals surface area contributed by atoms with Crippen LogP contribution >= 0.6 is 0 Å². The van der Waals surface area contributed by atoms with Crippen molar-refractivity contribution in [3.63, 3.8) is 0 Å². The van der Waals surface area contributed by atoms with E-state index < -0.39 is 17.9 Å². The minimum atomic E-state index is -0.951. The van der Waals surface area contributed by atoms with Crippen LogP contribution in [-0.4, -0.2) is 33.2 Å². The second-order valence-corrected chi connectivity index (χ2v) is 3.69. The topological polar surface area (TPSA) is 105 Å². The van der Waals surface area contributed by atoms with Gasteiger partial charge in [0.15, 0.2) is 0 Å². The van der Waals surface area contributed by atoms with Crippen molar-refractivity contribution in [2.75, 3.05) is 0 Å². The van der Waals surface area contributed by atoms with Crippen molar-refractivity contribution in [2.45, 2.75) is 39.2 Å². The van der Waals surface area contributed by atoms with E-state index >= 15 is 0 Å². The lowest BCUT2D eigenvalue weighted by molar-refractivity contribution is -0.137. The van der Waals surface area contributed by atoms with Crippen LogP contribution < -0.4 is 5.32 Å². The first kappa shape index (κ1) is 13.1. The van der Waals surface area contributed by atoms with Gasteiger partial charge in [-0.3, -0.25) is 9.59 Å². The average molecular weight is 241 g/mol. The summed E-state index contributed by atoms with van der Waals surface area (Å²) in [5.41, 5.74) is 0. The lowest BCUT2D eigenvalue weighted by atomic mass is 10.1. The Kier molecular flexibility index (Phi) is 4.62. The maximum atomic E-state index is 11.6. The number of carbonyl (C=O) groups is 2. The quantitative estimate of drug-likeness (QED) is 0.761. The summed E-state index contributed by atoms with van der Waals surface area (Å²) in [4.78, 5) is 26.0. The molecule has 1 rings (SSSR count). The molecule has 17 heavy (non-hydrogen) atoms. The third kappa shape index (κ3) is 4.21. The molecule has 0 aliphatic carbocycles. The molecule has 0 aliphatic heterocycles. The number of nitrogens with one attached hydrogen (secondary N) is 1. The Bertz CT molecular complexity index is 402. The summed E-state index contributed by atoms with van der Waals surface area (Å²) in [6, 6.07) is -0.413. The molecule has 0 bridgehead atoms. The van der Waals surface area contributed by atoms with Gasteiger partial charge in [-0.2, -0.15) is 4.98 Å². The summed E-state index contributed by atoms with van der Waals surface area (Å²) in [6.45, 7) is 3.49. The number of carbonyl (C=O) groups excluding carboxylic acids is 1. The largest absolute Gasteiger partial charge is 0.481 e. The highest BCUT2D eigenvalue weighted by molar-refractivity contribution is 5.90. The van der Waals surface area contributed by atoms with Gasteiger partial charge in [0, 0.05) is 13.0 Å². The summed E-state index contributed by atoms with van der Waals surface area (Å²) in [5, 5.41) is 14.7. The Morgan fingerprint density at radius 2 is 2.24 bits per heavy atom. The molecule has 2 N–H and O–H groups in total. The Balaban J connectivity index is 2.60. The van der Waals surface area contributed by atoms with Gasteiger partial charge >= 0.3 is 5.97 Å². The van der Waals surface area contributed by atoms with E-state index in [4.69, 9.17) is 5.11 Å². The van der Waals surface area contributed by atoms with Crippen LogP contribution in [0, 0.1) is 6.92 Å². The van der Waals surface area contributed by atoms with Gasteiger partial charge in [0.25, 0.3) is 11.7 Å². The molecule has 1 unspecified atom stereocenters. The fraction of sp³-hybridized carbons (Fsp3) is 0.600. The molecule has 94 valence electrons. The number of aromatic nitrogens is 2. The molecule has 1 aromatic rings. The van der Waals surface area contributed by atoms with Gasteiger partial charge in [-0.05, 0) is 6.42 Å². The number of nitrogens with zero attached hydrogens (tertiary/aromatic N) is 2. The molecule has 1 aromatic heterocycles. The van der Waals surface area contributed by atoms with E-state index in [-0.39, 0.29) is 12.2 Å². The number of aliphatic carboxylic acids is 1. The molecule has 0 saturated heterocycles. The standard InChI is InChI=1S/C10H15N3O4/c1-3-4-7(5-8(14)15)12-10(16)9-11-6(2)17-13-9/h7H,3-5H2,1-2H3,(H,12,16)(H,14,15). The van der Waals surface area contributed by atoms with Crippen molar-refractivity contribution in [3.8, 4) is 0 Å². The second-order valence-electron chi connectivity index (χ2n) is 3.69. The summed E-state index contributed by atoms with van der Waals surface area (Å²) < 4.78 is 4.67. The Hall–Kier alpha value is -1.92. The third-order valence-corrected chi connectivity index (χ3v) is 2.12. The highest BCUT2D eigenvalue weighted by Crippen LogP contribution is 2.03. The molecular formula is C10H15N3O4. The van der Waals surface area contributed by atoms with Crippen LogP contribution in [0.3, 0.4) is 0 Å². The molecule has 0 spiro atoms. The number of hydrogen-bond donors (Lipinski definition) is 2. The zero-order valence-electron chi connectivity index (χ0n) is 9.77. The van der Waals surface area contributed by atoms with Crippen LogP contribution in [0.5, 0.6) is 0 Å². The molecule has 0 fully saturated rings. The lowest BCUT2D eigenvalue weighted by Gasteiger charge is -2.14. The van der Waals surface area contributed by atoms with Crippen LogP contribution in [-0.2, 0) is 4.79 Å². The van der Waals surface area contributed by atoms with Crippen molar-refractivity contribution in [2.24, 2.45) is 0 Å². The van der Waals surface area contributed by atoms with Gasteiger partial charge in [-0.25, -0.2) is 0 Å². The highest BCUT2D eigenvalue weighted by Gasteiger charge is 2.19. The maximum absolute atomic E-state index is 11.6. The molecule has 0 aromatic carbocycles. The summed E-state index contributed by atoms with van der Waals surface area (Å²) in [5.74, 6) is -1.25. The molecule has 0 radical (unpaired) electrons.